The number of fused-ring (bicyclic) bond motifs is 1. The molecule has 0 unspecified atom stereocenters. The molecule has 7 nitrogen and oxygen atoms in total. The fourth-order valence-corrected chi connectivity index (χ4v) is 2.69. The molecule has 0 spiro atoms. The lowest BCUT2D eigenvalue weighted by molar-refractivity contribution is 0.0739. The van der Waals surface area contributed by atoms with Crippen molar-refractivity contribution in [3.8, 4) is 0 Å². The third-order valence-corrected chi connectivity index (χ3v) is 4.00. The molecule has 0 fully saturated rings. The highest BCUT2D eigenvalue weighted by Crippen LogP contribution is 2.19. The zero-order valence-electron chi connectivity index (χ0n) is 12.4. The highest BCUT2D eigenvalue weighted by Gasteiger charge is 2.23. The first-order chi connectivity index (χ1) is 11.1. The summed E-state index contributed by atoms with van der Waals surface area (Å²) < 4.78 is 1.77. The molecule has 3 heterocycles. The minimum Gasteiger partial charge on any atom is -0.393 e. The number of hydrogen-bond donors (Lipinski definition) is 2. The Bertz CT molecular complexity index is 701. The van der Waals surface area contributed by atoms with Crippen LogP contribution in [0.25, 0.3) is 0 Å². The van der Waals surface area contributed by atoms with Crippen LogP contribution in [0, 0.1) is 0 Å². The van der Waals surface area contributed by atoms with Gasteiger partial charge in [-0.1, -0.05) is 11.6 Å². The van der Waals surface area contributed by atoms with E-state index in [1.54, 1.807) is 27.8 Å². The number of carbonyl (C=O) groups is 1. The monoisotopic (exact) mass is 336 g/mol. The smallest absolute Gasteiger partial charge is 0.272 e. The zero-order chi connectivity index (χ0) is 16.4. The SMILES string of the molecule is O=C(c1ccc(Cl)cn1)N1CCCn2nc([C@@H](O)CO)cc2C1. The number of hydrogen-bond acceptors (Lipinski definition) is 5. The van der Waals surface area contributed by atoms with Gasteiger partial charge in [0.05, 0.1) is 29.6 Å². The van der Waals surface area contributed by atoms with Gasteiger partial charge in [0.25, 0.3) is 5.91 Å². The Balaban J connectivity index is 1.81. The van der Waals surface area contributed by atoms with Crippen LogP contribution in [0.1, 0.15) is 34.4 Å². The number of nitrogens with zero attached hydrogens (tertiary/aromatic N) is 4. The first-order valence-corrected chi connectivity index (χ1v) is 7.72. The average molecular weight is 337 g/mol. The molecule has 0 saturated carbocycles. The largest absolute Gasteiger partial charge is 0.393 e. The minimum absolute atomic E-state index is 0.166. The second-order valence-electron chi connectivity index (χ2n) is 5.42. The van der Waals surface area contributed by atoms with Gasteiger partial charge in [-0.3, -0.25) is 9.48 Å². The number of pyridine rings is 1. The maximum absolute atomic E-state index is 12.6. The molecule has 0 aliphatic carbocycles. The Morgan fingerprint density at radius 2 is 2.22 bits per heavy atom. The van der Waals surface area contributed by atoms with Gasteiger partial charge in [-0.15, -0.1) is 0 Å². The van der Waals surface area contributed by atoms with Gasteiger partial charge in [-0.05, 0) is 24.6 Å². The van der Waals surface area contributed by atoms with Gasteiger partial charge in [-0.2, -0.15) is 5.10 Å². The molecule has 1 aliphatic rings. The number of aromatic nitrogens is 3. The summed E-state index contributed by atoms with van der Waals surface area (Å²) in [6.45, 7) is 1.26. The Morgan fingerprint density at radius 1 is 1.39 bits per heavy atom. The lowest BCUT2D eigenvalue weighted by atomic mass is 10.2. The van der Waals surface area contributed by atoms with Crippen molar-refractivity contribution in [1.29, 1.82) is 0 Å². The molecule has 23 heavy (non-hydrogen) atoms. The number of rotatable bonds is 3. The van der Waals surface area contributed by atoms with E-state index in [1.165, 1.54) is 6.20 Å². The second kappa shape index (κ2) is 6.66. The van der Waals surface area contributed by atoms with Crippen molar-refractivity contribution in [2.45, 2.75) is 25.6 Å². The lowest BCUT2D eigenvalue weighted by Crippen LogP contribution is -2.31. The van der Waals surface area contributed by atoms with Crippen molar-refractivity contribution in [2.75, 3.05) is 13.2 Å². The minimum atomic E-state index is -1.00. The highest BCUT2D eigenvalue weighted by atomic mass is 35.5. The number of amides is 1. The van der Waals surface area contributed by atoms with Crippen LogP contribution in [0.5, 0.6) is 0 Å². The molecule has 2 aromatic rings. The molecule has 3 rings (SSSR count). The van der Waals surface area contributed by atoms with E-state index in [-0.39, 0.29) is 12.5 Å². The Hall–Kier alpha value is -1.96. The molecule has 2 N–H and O–H groups in total. The van der Waals surface area contributed by atoms with Crippen LogP contribution < -0.4 is 0 Å². The predicted octanol–water partition coefficient (Wildman–Crippen LogP) is 1.00. The van der Waals surface area contributed by atoms with Gasteiger partial charge in [0.1, 0.15) is 11.8 Å². The quantitative estimate of drug-likeness (QED) is 0.872. The highest BCUT2D eigenvalue weighted by molar-refractivity contribution is 6.30. The van der Waals surface area contributed by atoms with E-state index in [2.05, 4.69) is 10.1 Å². The summed E-state index contributed by atoms with van der Waals surface area (Å²) in [7, 11) is 0. The zero-order valence-corrected chi connectivity index (χ0v) is 13.1. The molecule has 0 saturated heterocycles. The summed E-state index contributed by atoms with van der Waals surface area (Å²) >= 11 is 5.80. The van der Waals surface area contributed by atoms with Crippen molar-refractivity contribution >= 4 is 17.5 Å². The number of halogens is 1. The first-order valence-electron chi connectivity index (χ1n) is 7.35. The molecule has 0 bridgehead atoms. The van der Waals surface area contributed by atoms with Crippen LogP contribution in [0.15, 0.2) is 24.4 Å². The number of aryl methyl sites for hydroxylation is 1. The van der Waals surface area contributed by atoms with Crippen LogP contribution >= 0.6 is 11.6 Å². The van der Waals surface area contributed by atoms with Gasteiger partial charge in [0, 0.05) is 19.3 Å². The Kier molecular flexibility index (Phi) is 4.61. The van der Waals surface area contributed by atoms with Crippen LogP contribution in [0.2, 0.25) is 5.02 Å². The number of aliphatic hydroxyl groups is 2. The van der Waals surface area contributed by atoms with Crippen molar-refractivity contribution in [3.05, 3.63) is 46.5 Å². The summed E-state index contributed by atoms with van der Waals surface area (Å²) in [4.78, 5) is 18.3. The van der Waals surface area contributed by atoms with E-state index in [0.717, 1.165) is 12.1 Å². The summed E-state index contributed by atoms with van der Waals surface area (Å²) in [6, 6.07) is 4.97. The van der Waals surface area contributed by atoms with Crippen LogP contribution in [-0.2, 0) is 13.1 Å². The normalized spacial score (nSPS) is 15.9. The molecule has 0 aromatic carbocycles. The average Bonchev–Trinajstić information content (AvgIpc) is 2.86. The summed E-state index contributed by atoms with van der Waals surface area (Å²) in [5.41, 5.74) is 1.59. The van der Waals surface area contributed by atoms with Crippen LogP contribution in [-0.4, -0.2) is 48.9 Å². The van der Waals surface area contributed by atoms with Gasteiger partial charge in [0.2, 0.25) is 0 Å². The van der Waals surface area contributed by atoms with Crippen LogP contribution in [0.4, 0.5) is 0 Å². The first kappa shape index (κ1) is 15.9. The second-order valence-corrected chi connectivity index (χ2v) is 5.86. The van der Waals surface area contributed by atoms with E-state index in [0.29, 0.717) is 36.0 Å². The van der Waals surface area contributed by atoms with E-state index < -0.39 is 6.10 Å². The van der Waals surface area contributed by atoms with Crippen molar-refractivity contribution in [3.63, 3.8) is 0 Å². The fraction of sp³-hybridized carbons (Fsp3) is 0.400. The van der Waals surface area contributed by atoms with Gasteiger partial charge >= 0.3 is 0 Å². The molecule has 1 aliphatic heterocycles. The third kappa shape index (κ3) is 3.36. The topological polar surface area (TPSA) is 91.5 Å². The maximum atomic E-state index is 12.6. The Labute approximate surface area is 138 Å². The summed E-state index contributed by atoms with van der Waals surface area (Å²) in [6.07, 6.45) is 1.20. The van der Waals surface area contributed by atoms with Crippen molar-refractivity contribution in [2.24, 2.45) is 0 Å². The molecular weight excluding hydrogens is 320 g/mol. The summed E-state index contributed by atoms with van der Waals surface area (Å²) in [5.74, 6) is -0.166. The number of carbonyl (C=O) groups excluding carboxylic acids is 1. The molecule has 1 atom stereocenters. The van der Waals surface area contributed by atoms with Crippen molar-refractivity contribution < 1.29 is 15.0 Å². The standard InChI is InChI=1S/C15H17ClN4O3/c16-10-2-3-12(17-7-10)15(23)19-4-1-5-20-11(8-19)6-13(18-20)14(22)9-21/h2-3,6-7,14,21-22H,1,4-5,8-9H2/t14-/m0/s1. The van der Waals surface area contributed by atoms with Gasteiger partial charge < -0.3 is 15.1 Å². The van der Waals surface area contributed by atoms with E-state index in [9.17, 15) is 9.90 Å². The van der Waals surface area contributed by atoms with E-state index in [1.807, 2.05) is 0 Å². The molecule has 122 valence electrons. The van der Waals surface area contributed by atoms with E-state index in [4.69, 9.17) is 16.7 Å². The van der Waals surface area contributed by atoms with Gasteiger partial charge in [0.15, 0.2) is 0 Å². The number of aliphatic hydroxyl groups excluding tert-OH is 2. The van der Waals surface area contributed by atoms with Gasteiger partial charge in [-0.25, -0.2) is 4.98 Å². The molecule has 0 radical (unpaired) electrons. The van der Waals surface area contributed by atoms with Crippen molar-refractivity contribution in [1.82, 2.24) is 19.7 Å². The molecule has 8 heteroatoms. The molecule has 1 amide bonds. The molecule has 2 aromatic heterocycles. The third-order valence-electron chi connectivity index (χ3n) is 3.78. The lowest BCUT2D eigenvalue weighted by Gasteiger charge is -2.19. The Morgan fingerprint density at radius 3 is 2.91 bits per heavy atom. The maximum Gasteiger partial charge on any atom is 0.272 e. The fourth-order valence-electron chi connectivity index (χ4n) is 2.58. The van der Waals surface area contributed by atoms with E-state index >= 15 is 0 Å². The summed E-state index contributed by atoms with van der Waals surface area (Å²) in [5, 5.41) is 23.5. The predicted molar refractivity (Wildman–Crippen MR) is 82.9 cm³/mol. The van der Waals surface area contributed by atoms with Crippen LogP contribution in [0.3, 0.4) is 0 Å². The molecular formula is C15H17ClN4O3.